The number of hydrogen-bond donors (Lipinski definition) is 1. The van der Waals surface area contributed by atoms with Crippen LogP contribution in [0.25, 0.3) is 0 Å². The van der Waals surface area contributed by atoms with Crippen LogP contribution in [-0.4, -0.2) is 65.2 Å². The summed E-state index contributed by atoms with van der Waals surface area (Å²) < 4.78 is 41.9. The number of alkyl halides is 3. The maximum absolute atomic E-state index is 13.3. The number of nitrogens with zero attached hydrogens (tertiary/aromatic N) is 5. The second-order valence-electron chi connectivity index (χ2n) is 8.62. The predicted molar refractivity (Wildman–Crippen MR) is 117 cm³/mol. The van der Waals surface area contributed by atoms with Crippen LogP contribution in [0, 0.1) is 17.8 Å². The minimum Gasteiger partial charge on any atom is -0.327 e. The lowest BCUT2D eigenvalue weighted by Gasteiger charge is -2.40. The summed E-state index contributed by atoms with van der Waals surface area (Å²) in [5.74, 6) is 3.16. The van der Waals surface area contributed by atoms with Crippen LogP contribution in [0.4, 0.5) is 24.7 Å². The van der Waals surface area contributed by atoms with Crippen molar-refractivity contribution in [2.45, 2.75) is 45.2 Å². The van der Waals surface area contributed by atoms with Crippen molar-refractivity contribution >= 4 is 17.5 Å². The number of piperazine rings is 1. The number of hydroxylamine groups is 1. The maximum atomic E-state index is 13.3. The van der Waals surface area contributed by atoms with Gasteiger partial charge in [0, 0.05) is 39.8 Å². The molecule has 1 unspecified atom stereocenters. The van der Waals surface area contributed by atoms with E-state index in [4.69, 9.17) is 4.84 Å². The van der Waals surface area contributed by atoms with Crippen LogP contribution >= 0.6 is 0 Å². The zero-order chi connectivity index (χ0) is 24.6. The fraction of sp³-hybridized carbons (Fsp3) is 0.667. The highest BCUT2D eigenvalue weighted by Gasteiger charge is 2.51. The van der Waals surface area contributed by atoms with Crippen molar-refractivity contribution in [1.29, 1.82) is 0 Å². The quantitative estimate of drug-likeness (QED) is 0.593. The fourth-order valence-corrected chi connectivity index (χ4v) is 4.48. The molecule has 4 rings (SSSR count). The summed E-state index contributed by atoms with van der Waals surface area (Å²) in [5.41, 5.74) is -1.37. The first kappa shape index (κ1) is 24.2. The topological polar surface area (TPSA) is 92.0 Å². The Kier molecular flexibility index (Phi) is 6.64. The smallest absolute Gasteiger partial charge is 0.327 e. The van der Waals surface area contributed by atoms with Crippen molar-refractivity contribution in [2.75, 3.05) is 42.7 Å². The van der Waals surface area contributed by atoms with Crippen LogP contribution in [0.5, 0.6) is 0 Å². The summed E-state index contributed by atoms with van der Waals surface area (Å²) in [7, 11) is 1.33. The van der Waals surface area contributed by atoms with E-state index in [-0.39, 0.29) is 30.5 Å². The fourth-order valence-electron chi connectivity index (χ4n) is 4.48. The molecule has 10 nitrogen and oxygen atoms in total. The van der Waals surface area contributed by atoms with E-state index in [2.05, 4.69) is 17.2 Å². The van der Waals surface area contributed by atoms with E-state index in [0.29, 0.717) is 26.2 Å². The number of rotatable bonds is 5. The number of anilines is 2. The van der Waals surface area contributed by atoms with Crippen molar-refractivity contribution < 1.29 is 22.8 Å². The molecule has 1 N–H and O–H groups in total. The van der Waals surface area contributed by atoms with Crippen molar-refractivity contribution in [1.82, 2.24) is 19.4 Å². The van der Waals surface area contributed by atoms with E-state index in [9.17, 15) is 27.6 Å². The molecule has 2 fully saturated rings. The molecule has 34 heavy (non-hydrogen) atoms. The van der Waals surface area contributed by atoms with Gasteiger partial charge in [-0.25, -0.2) is 9.59 Å². The van der Waals surface area contributed by atoms with Gasteiger partial charge in [0.25, 0.3) is 5.56 Å². The van der Waals surface area contributed by atoms with Gasteiger partial charge in [-0.3, -0.25) is 18.8 Å². The van der Waals surface area contributed by atoms with Gasteiger partial charge in [-0.1, -0.05) is 12.3 Å². The lowest BCUT2D eigenvalue weighted by Crippen LogP contribution is -2.61. The van der Waals surface area contributed by atoms with Gasteiger partial charge in [0.05, 0.1) is 6.54 Å². The van der Waals surface area contributed by atoms with Crippen molar-refractivity contribution in [2.24, 2.45) is 13.0 Å². The standard InChI is InChI=1S/C21H27F3N6O4/c1-3-4-10-28-15-16(29(13-14-6-5-7-14)20(33)26(2)17(15)31)30(34-18(32)21(22,23)24)19(28)27-11-8-25-9-12-27/h14,19,25H,5-13H2,1-2H3. The first-order chi connectivity index (χ1) is 16.1. The second kappa shape index (κ2) is 9.34. The zero-order valence-corrected chi connectivity index (χ0v) is 19.0. The zero-order valence-electron chi connectivity index (χ0n) is 19.0. The molecule has 1 saturated heterocycles. The van der Waals surface area contributed by atoms with Crippen LogP contribution in [0.3, 0.4) is 0 Å². The van der Waals surface area contributed by atoms with Crippen molar-refractivity contribution in [3.8, 4) is 11.8 Å². The van der Waals surface area contributed by atoms with E-state index in [1.54, 1.807) is 11.8 Å². The number of nitrogens with one attached hydrogen (secondary N) is 1. The molecule has 0 spiro atoms. The second-order valence-corrected chi connectivity index (χ2v) is 8.62. The number of hydrogen-bond acceptors (Lipinski definition) is 8. The number of aromatic nitrogens is 2. The summed E-state index contributed by atoms with van der Waals surface area (Å²) >= 11 is 0. The van der Waals surface area contributed by atoms with E-state index < -0.39 is 29.7 Å². The molecule has 0 amide bonds. The Hall–Kier alpha value is -2.98. The molecule has 0 bridgehead atoms. The van der Waals surface area contributed by atoms with Crippen molar-refractivity contribution in [3.05, 3.63) is 20.8 Å². The summed E-state index contributed by atoms with van der Waals surface area (Å²) in [6.07, 6.45) is -3.62. The third-order valence-corrected chi connectivity index (χ3v) is 6.46. The minimum absolute atomic E-state index is 0.00492. The molecule has 1 saturated carbocycles. The average molecular weight is 484 g/mol. The summed E-state index contributed by atoms with van der Waals surface area (Å²) in [6, 6.07) is 0. The molecule has 2 aliphatic heterocycles. The van der Waals surface area contributed by atoms with Crippen LogP contribution in [0.1, 0.15) is 26.2 Å². The van der Waals surface area contributed by atoms with Crippen LogP contribution in [0.15, 0.2) is 9.59 Å². The Balaban J connectivity index is 1.92. The molecule has 1 atom stereocenters. The molecular formula is C21H27F3N6O4. The number of carbonyl (C=O) groups is 1. The summed E-state index contributed by atoms with van der Waals surface area (Å²) in [6.45, 7) is 3.74. The van der Waals surface area contributed by atoms with Gasteiger partial charge in [-0.2, -0.15) is 13.2 Å². The van der Waals surface area contributed by atoms with Gasteiger partial charge in [-0.05, 0) is 25.7 Å². The Bertz CT molecular complexity index is 1120. The summed E-state index contributed by atoms with van der Waals surface area (Å²) in [5, 5.41) is 3.95. The minimum atomic E-state index is -5.26. The lowest BCUT2D eigenvalue weighted by atomic mass is 9.85. The molecule has 0 radical (unpaired) electrons. The number of fused-ring (bicyclic) bond motifs is 1. The third kappa shape index (κ3) is 4.27. The Labute approximate surface area is 193 Å². The molecule has 3 aliphatic rings. The van der Waals surface area contributed by atoms with Crippen LogP contribution in [0.2, 0.25) is 0 Å². The SMILES string of the molecule is CC#CCN1c2c(n(CC3CCC3)c(=O)n(C)c2=O)N(OC(=O)C(F)(F)F)C1N1CCNCC1. The van der Waals surface area contributed by atoms with E-state index in [1.165, 1.54) is 16.5 Å². The largest absolute Gasteiger partial charge is 0.493 e. The van der Waals surface area contributed by atoms with Crippen LogP contribution < -0.4 is 26.5 Å². The predicted octanol–water partition coefficient (Wildman–Crippen LogP) is 0.206. The van der Waals surface area contributed by atoms with E-state index in [1.807, 2.05) is 0 Å². The molecule has 1 aromatic rings. The maximum Gasteiger partial charge on any atom is 0.493 e. The van der Waals surface area contributed by atoms with Gasteiger partial charge in [0.2, 0.25) is 0 Å². The Morgan fingerprint density at radius 2 is 1.88 bits per heavy atom. The highest BCUT2D eigenvalue weighted by Crippen LogP contribution is 2.40. The molecular weight excluding hydrogens is 457 g/mol. The van der Waals surface area contributed by atoms with Gasteiger partial charge in [0.15, 0.2) is 17.8 Å². The van der Waals surface area contributed by atoms with Gasteiger partial charge in [0.1, 0.15) is 0 Å². The molecule has 1 aromatic heterocycles. The summed E-state index contributed by atoms with van der Waals surface area (Å²) in [4.78, 5) is 46.6. The van der Waals surface area contributed by atoms with E-state index in [0.717, 1.165) is 28.9 Å². The lowest BCUT2D eigenvalue weighted by molar-refractivity contribution is -0.203. The highest BCUT2D eigenvalue weighted by atomic mass is 19.4. The normalized spacial score (nSPS) is 21.0. The first-order valence-electron chi connectivity index (χ1n) is 11.2. The number of carbonyl (C=O) groups excluding carboxylic acids is 1. The molecule has 13 heteroatoms. The monoisotopic (exact) mass is 484 g/mol. The Morgan fingerprint density at radius 1 is 1.21 bits per heavy atom. The molecule has 0 aromatic carbocycles. The van der Waals surface area contributed by atoms with E-state index >= 15 is 0 Å². The molecule has 186 valence electrons. The van der Waals surface area contributed by atoms with Gasteiger partial charge in [-0.15, -0.1) is 11.0 Å². The van der Waals surface area contributed by atoms with Gasteiger partial charge < -0.3 is 15.1 Å². The average Bonchev–Trinajstić information content (AvgIpc) is 3.08. The first-order valence-corrected chi connectivity index (χ1v) is 11.2. The Morgan fingerprint density at radius 3 is 2.44 bits per heavy atom. The van der Waals surface area contributed by atoms with Crippen LogP contribution in [-0.2, 0) is 23.2 Å². The highest BCUT2D eigenvalue weighted by molar-refractivity contribution is 5.80. The number of halogens is 3. The van der Waals surface area contributed by atoms with Crippen molar-refractivity contribution in [3.63, 3.8) is 0 Å². The molecule has 3 heterocycles. The third-order valence-electron chi connectivity index (χ3n) is 6.46. The molecule has 1 aliphatic carbocycles. The van der Waals surface area contributed by atoms with Gasteiger partial charge >= 0.3 is 17.8 Å².